The van der Waals surface area contributed by atoms with Gasteiger partial charge in [0, 0.05) is 31.4 Å². The molecule has 2 aromatic carbocycles. The van der Waals surface area contributed by atoms with Crippen molar-refractivity contribution in [1.29, 1.82) is 0 Å². The molecule has 0 bridgehead atoms. The molecule has 27 heavy (non-hydrogen) atoms. The van der Waals surface area contributed by atoms with E-state index in [1.54, 1.807) is 25.1 Å². The van der Waals surface area contributed by atoms with E-state index >= 15 is 0 Å². The Bertz CT molecular complexity index is 865. The molecular formula is C20H26FN3O2S. The van der Waals surface area contributed by atoms with Crippen molar-refractivity contribution >= 4 is 21.4 Å². The molecule has 0 unspecified atom stereocenters. The Balaban J connectivity index is 1.53. The molecule has 2 N–H and O–H groups in total. The highest BCUT2D eigenvalue weighted by Gasteiger charge is 2.19. The van der Waals surface area contributed by atoms with E-state index in [2.05, 4.69) is 14.9 Å². The third kappa shape index (κ3) is 5.68. The number of nitrogens with one attached hydrogen (secondary N) is 2. The molecule has 0 saturated carbocycles. The molecule has 7 heteroatoms. The van der Waals surface area contributed by atoms with Gasteiger partial charge in [0.1, 0.15) is 5.82 Å². The van der Waals surface area contributed by atoms with Crippen LogP contribution in [0.1, 0.15) is 25.3 Å². The normalized spacial score (nSPS) is 15.7. The summed E-state index contributed by atoms with van der Waals surface area (Å²) >= 11 is 0. The average Bonchev–Trinajstić information content (AvgIpc) is 2.67. The molecule has 0 aromatic heterocycles. The molecule has 1 saturated heterocycles. The molecule has 0 aliphatic carbocycles. The second kappa shape index (κ2) is 8.71. The number of hydrogen-bond acceptors (Lipinski definition) is 4. The number of benzene rings is 2. The molecule has 2 aromatic rings. The zero-order valence-corrected chi connectivity index (χ0v) is 16.3. The standard InChI is InChI=1S/C20H26FN3O2S/c1-2-27(25,26)23-19-7-4-8-20(14-19)24-11-9-18(10-12-24)22-15-16-5-3-6-17(21)13-16/h3-8,13-14,18,22-23H,2,9-12,15H2,1H3. The lowest BCUT2D eigenvalue weighted by atomic mass is 10.0. The number of sulfonamides is 1. The van der Waals surface area contributed by atoms with Gasteiger partial charge in [0.05, 0.1) is 11.4 Å². The molecule has 1 heterocycles. The Labute approximate surface area is 160 Å². The summed E-state index contributed by atoms with van der Waals surface area (Å²) in [5.41, 5.74) is 2.57. The monoisotopic (exact) mass is 391 g/mol. The fourth-order valence-electron chi connectivity index (χ4n) is 3.27. The van der Waals surface area contributed by atoms with Gasteiger partial charge in [-0.2, -0.15) is 0 Å². The zero-order chi connectivity index (χ0) is 19.3. The molecule has 3 rings (SSSR count). The van der Waals surface area contributed by atoms with E-state index in [9.17, 15) is 12.8 Å². The van der Waals surface area contributed by atoms with Crippen molar-refractivity contribution in [3.05, 3.63) is 59.9 Å². The Hall–Kier alpha value is -2.12. The first kappa shape index (κ1) is 19.6. The van der Waals surface area contributed by atoms with Gasteiger partial charge < -0.3 is 10.2 Å². The second-order valence-electron chi connectivity index (χ2n) is 6.83. The predicted molar refractivity (Wildman–Crippen MR) is 108 cm³/mol. The summed E-state index contributed by atoms with van der Waals surface area (Å²) in [6, 6.07) is 14.6. The lowest BCUT2D eigenvalue weighted by Crippen LogP contribution is -2.42. The summed E-state index contributed by atoms with van der Waals surface area (Å²) in [6.07, 6.45) is 1.97. The van der Waals surface area contributed by atoms with Crippen molar-refractivity contribution in [2.45, 2.75) is 32.4 Å². The number of hydrogen-bond donors (Lipinski definition) is 2. The molecule has 0 atom stereocenters. The van der Waals surface area contributed by atoms with E-state index in [0.29, 0.717) is 18.3 Å². The van der Waals surface area contributed by atoms with E-state index in [0.717, 1.165) is 37.2 Å². The van der Waals surface area contributed by atoms with Crippen LogP contribution in [0.2, 0.25) is 0 Å². The molecule has 0 spiro atoms. The quantitative estimate of drug-likeness (QED) is 0.760. The Morgan fingerprint density at radius 2 is 1.85 bits per heavy atom. The Kier molecular flexibility index (Phi) is 6.34. The minimum absolute atomic E-state index is 0.0552. The van der Waals surface area contributed by atoms with E-state index in [1.165, 1.54) is 6.07 Å². The van der Waals surface area contributed by atoms with Crippen LogP contribution >= 0.6 is 0 Å². The maximum absolute atomic E-state index is 13.3. The molecule has 5 nitrogen and oxygen atoms in total. The minimum Gasteiger partial charge on any atom is -0.371 e. The molecule has 0 radical (unpaired) electrons. The summed E-state index contributed by atoms with van der Waals surface area (Å²) in [4.78, 5) is 2.27. The van der Waals surface area contributed by atoms with Crippen LogP contribution in [0, 0.1) is 5.82 Å². The summed E-state index contributed by atoms with van der Waals surface area (Å²) < 4.78 is 39.4. The van der Waals surface area contributed by atoms with Gasteiger partial charge in [0.15, 0.2) is 0 Å². The van der Waals surface area contributed by atoms with Crippen LogP contribution in [0.4, 0.5) is 15.8 Å². The van der Waals surface area contributed by atoms with E-state index < -0.39 is 10.0 Å². The Morgan fingerprint density at radius 1 is 1.11 bits per heavy atom. The second-order valence-corrected chi connectivity index (χ2v) is 8.84. The first-order chi connectivity index (χ1) is 12.9. The molecule has 1 aliphatic heterocycles. The van der Waals surface area contributed by atoms with Gasteiger partial charge in [-0.3, -0.25) is 4.72 Å². The highest BCUT2D eigenvalue weighted by molar-refractivity contribution is 7.92. The maximum atomic E-state index is 13.3. The number of halogens is 1. The Morgan fingerprint density at radius 3 is 2.56 bits per heavy atom. The van der Waals surface area contributed by atoms with Crippen molar-refractivity contribution < 1.29 is 12.8 Å². The number of nitrogens with zero attached hydrogens (tertiary/aromatic N) is 1. The molecule has 1 aliphatic rings. The number of rotatable bonds is 7. The lowest BCUT2D eigenvalue weighted by molar-refractivity contribution is 0.413. The first-order valence-corrected chi connectivity index (χ1v) is 10.9. The van der Waals surface area contributed by atoms with Crippen molar-refractivity contribution in [3.8, 4) is 0 Å². The van der Waals surface area contributed by atoms with E-state index in [4.69, 9.17) is 0 Å². The molecular weight excluding hydrogens is 365 g/mol. The largest absolute Gasteiger partial charge is 0.371 e. The fraction of sp³-hybridized carbons (Fsp3) is 0.400. The molecule has 0 amide bonds. The van der Waals surface area contributed by atoms with Gasteiger partial charge in [-0.15, -0.1) is 0 Å². The van der Waals surface area contributed by atoms with Crippen LogP contribution in [-0.2, 0) is 16.6 Å². The predicted octanol–water partition coefficient (Wildman–Crippen LogP) is 3.35. The first-order valence-electron chi connectivity index (χ1n) is 9.28. The topological polar surface area (TPSA) is 61.4 Å². The summed E-state index contributed by atoms with van der Waals surface area (Å²) in [6.45, 7) is 4.07. The molecule has 1 fully saturated rings. The van der Waals surface area contributed by atoms with Crippen molar-refractivity contribution in [3.63, 3.8) is 0 Å². The fourth-order valence-corrected chi connectivity index (χ4v) is 3.90. The van der Waals surface area contributed by atoms with Gasteiger partial charge in [0.2, 0.25) is 10.0 Å². The number of anilines is 2. The van der Waals surface area contributed by atoms with Gasteiger partial charge in [-0.25, -0.2) is 12.8 Å². The third-order valence-corrected chi connectivity index (χ3v) is 6.15. The van der Waals surface area contributed by atoms with Crippen LogP contribution in [-0.4, -0.2) is 33.3 Å². The van der Waals surface area contributed by atoms with Gasteiger partial charge >= 0.3 is 0 Å². The van der Waals surface area contributed by atoms with Crippen molar-refractivity contribution in [1.82, 2.24) is 5.32 Å². The van der Waals surface area contributed by atoms with Crippen molar-refractivity contribution in [2.24, 2.45) is 0 Å². The number of piperidine rings is 1. The van der Waals surface area contributed by atoms with Gasteiger partial charge in [0.25, 0.3) is 0 Å². The summed E-state index contributed by atoms with van der Waals surface area (Å²) in [5, 5.41) is 3.50. The summed E-state index contributed by atoms with van der Waals surface area (Å²) in [5.74, 6) is -0.151. The van der Waals surface area contributed by atoms with E-state index in [-0.39, 0.29) is 11.6 Å². The van der Waals surface area contributed by atoms with Crippen LogP contribution in [0.15, 0.2) is 48.5 Å². The molecule has 146 valence electrons. The SMILES string of the molecule is CCS(=O)(=O)Nc1cccc(N2CCC(NCc3cccc(F)c3)CC2)c1. The van der Waals surface area contributed by atoms with E-state index in [1.807, 2.05) is 24.3 Å². The van der Waals surface area contributed by atoms with Gasteiger partial charge in [-0.1, -0.05) is 18.2 Å². The lowest BCUT2D eigenvalue weighted by Gasteiger charge is -2.34. The summed E-state index contributed by atoms with van der Waals surface area (Å²) in [7, 11) is -3.27. The highest BCUT2D eigenvalue weighted by Crippen LogP contribution is 2.24. The van der Waals surface area contributed by atoms with Crippen LogP contribution in [0.25, 0.3) is 0 Å². The maximum Gasteiger partial charge on any atom is 0.232 e. The van der Waals surface area contributed by atoms with Crippen molar-refractivity contribution in [2.75, 3.05) is 28.5 Å². The van der Waals surface area contributed by atoms with Crippen LogP contribution < -0.4 is 14.9 Å². The average molecular weight is 392 g/mol. The smallest absolute Gasteiger partial charge is 0.232 e. The van der Waals surface area contributed by atoms with Crippen LogP contribution in [0.5, 0.6) is 0 Å². The highest BCUT2D eigenvalue weighted by atomic mass is 32.2. The zero-order valence-electron chi connectivity index (χ0n) is 15.5. The third-order valence-electron chi connectivity index (χ3n) is 4.84. The minimum atomic E-state index is -3.27. The van der Waals surface area contributed by atoms with Crippen LogP contribution in [0.3, 0.4) is 0 Å². The van der Waals surface area contributed by atoms with Gasteiger partial charge in [-0.05, 0) is 55.7 Å².